The van der Waals surface area contributed by atoms with Crippen LogP contribution in [0.3, 0.4) is 0 Å². The van der Waals surface area contributed by atoms with Crippen molar-refractivity contribution in [3.8, 4) is 0 Å². The molecule has 3 N–H and O–H groups in total. The van der Waals surface area contributed by atoms with Crippen LogP contribution in [0, 0.1) is 11.8 Å². The molecule has 122 valence electrons. The van der Waals surface area contributed by atoms with Crippen LogP contribution in [0.25, 0.3) is 0 Å². The van der Waals surface area contributed by atoms with E-state index >= 15 is 0 Å². The van der Waals surface area contributed by atoms with Gasteiger partial charge in [0.05, 0.1) is 25.2 Å². The largest absolute Gasteiger partial charge is 0.394 e. The summed E-state index contributed by atoms with van der Waals surface area (Å²) in [6, 6.07) is -0.316. The summed E-state index contributed by atoms with van der Waals surface area (Å²) in [6.45, 7) is 0.568. The number of rotatable bonds is 7. The van der Waals surface area contributed by atoms with Crippen molar-refractivity contribution in [1.29, 1.82) is 0 Å². The minimum absolute atomic E-state index is 0.0253. The summed E-state index contributed by atoms with van der Waals surface area (Å²) >= 11 is 0. The van der Waals surface area contributed by atoms with Crippen LogP contribution in [0.1, 0.15) is 32.1 Å². The lowest BCUT2D eigenvalue weighted by molar-refractivity contribution is -0.128. The maximum Gasteiger partial charge on any atom is 0.223 e. The lowest BCUT2D eigenvalue weighted by Gasteiger charge is -2.31. The monoisotopic (exact) mass is 308 g/mol. The van der Waals surface area contributed by atoms with Crippen LogP contribution >= 0.6 is 0 Å². The Morgan fingerprint density at radius 2 is 1.95 bits per heavy atom. The fourth-order valence-electron chi connectivity index (χ4n) is 2.60. The predicted octanol–water partition coefficient (Wildman–Crippen LogP) is 0.113. The molecule has 22 heavy (non-hydrogen) atoms. The highest BCUT2D eigenvalue weighted by atomic mass is 16.5. The second kappa shape index (κ2) is 6.79. The molecule has 0 saturated heterocycles. The topological polar surface area (TPSA) is 87.7 Å². The van der Waals surface area contributed by atoms with Crippen molar-refractivity contribution >= 4 is 11.8 Å². The zero-order valence-electron chi connectivity index (χ0n) is 12.7. The average Bonchev–Trinajstić information content (AvgIpc) is 3.40. The zero-order chi connectivity index (χ0) is 15.5. The van der Waals surface area contributed by atoms with Crippen LogP contribution in [0.15, 0.2) is 12.2 Å². The predicted molar refractivity (Wildman–Crippen MR) is 79.9 cm³/mol. The molecule has 0 unspecified atom stereocenters. The van der Waals surface area contributed by atoms with Gasteiger partial charge in [-0.25, -0.2) is 0 Å². The van der Waals surface area contributed by atoms with Crippen molar-refractivity contribution in [2.45, 2.75) is 50.4 Å². The Morgan fingerprint density at radius 1 is 1.18 bits per heavy atom. The Morgan fingerprint density at radius 3 is 2.59 bits per heavy atom. The SMILES string of the molecule is O=C(C[C@H]1C=C[C@@H](NC(=O)C2CC2)[C@@H](CO)O1)NCC1CC1. The average molecular weight is 308 g/mol. The normalized spacial score (nSPS) is 30.9. The number of hydrogen-bond acceptors (Lipinski definition) is 4. The molecule has 6 heteroatoms. The molecule has 2 fully saturated rings. The highest BCUT2D eigenvalue weighted by molar-refractivity contribution is 5.81. The van der Waals surface area contributed by atoms with Crippen LogP contribution in [0.5, 0.6) is 0 Å². The number of nitrogens with one attached hydrogen (secondary N) is 2. The smallest absolute Gasteiger partial charge is 0.223 e. The summed E-state index contributed by atoms with van der Waals surface area (Å²) in [5.74, 6) is 0.772. The second-order valence-corrected chi connectivity index (χ2v) is 6.54. The Labute approximate surface area is 130 Å². The molecule has 3 atom stereocenters. The van der Waals surface area contributed by atoms with Crippen molar-refractivity contribution in [2.75, 3.05) is 13.2 Å². The highest BCUT2D eigenvalue weighted by Crippen LogP contribution is 2.29. The molecule has 0 aromatic carbocycles. The molecule has 2 saturated carbocycles. The third kappa shape index (κ3) is 4.30. The number of carbonyl (C=O) groups excluding carboxylic acids is 2. The van der Waals surface area contributed by atoms with E-state index in [1.807, 2.05) is 6.08 Å². The van der Waals surface area contributed by atoms with E-state index in [0.29, 0.717) is 5.92 Å². The summed E-state index contributed by atoms with van der Waals surface area (Å²) in [4.78, 5) is 23.6. The van der Waals surface area contributed by atoms with Crippen LogP contribution in [0.4, 0.5) is 0 Å². The van der Waals surface area contributed by atoms with E-state index in [9.17, 15) is 14.7 Å². The van der Waals surface area contributed by atoms with Crippen molar-refractivity contribution in [3.63, 3.8) is 0 Å². The van der Waals surface area contributed by atoms with Crippen LogP contribution < -0.4 is 10.6 Å². The Balaban J connectivity index is 1.47. The molecule has 1 aliphatic heterocycles. The molecule has 0 radical (unpaired) electrons. The van der Waals surface area contributed by atoms with Gasteiger partial charge in [-0.1, -0.05) is 12.2 Å². The molecule has 0 spiro atoms. The highest BCUT2D eigenvalue weighted by Gasteiger charge is 2.34. The molecule has 3 rings (SSSR count). The van der Waals surface area contributed by atoms with Crippen molar-refractivity contribution in [2.24, 2.45) is 11.8 Å². The van der Waals surface area contributed by atoms with Gasteiger partial charge in [-0.05, 0) is 31.6 Å². The van der Waals surface area contributed by atoms with Crippen LogP contribution in [-0.4, -0.2) is 48.3 Å². The fraction of sp³-hybridized carbons (Fsp3) is 0.750. The van der Waals surface area contributed by atoms with Gasteiger partial charge in [-0.15, -0.1) is 0 Å². The summed E-state index contributed by atoms with van der Waals surface area (Å²) < 4.78 is 5.73. The van der Waals surface area contributed by atoms with Gasteiger partial charge in [-0.3, -0.25) is 9.59 Å². The number of aliphatic hydroxyl groups excluding tert-OH is 1. The first kappa shape index (κ1) is 15.5. The number of ether oxygens (including phenoxy) is 1. The first-order chi connectivity index (χ1) is 10.7. The van der Waals surface area contributed by atoms with Crippen molar-refractivity contribution in [3.05, 3.63) is 12.2 Å². The Kier molecular flexibility index (Phi) is 4.78. The van der Waals surface area contributed by atoms with E-state index in [2.05, 4.69) is 10.6 Å². The standard InChI is InChI=1S/C16H24N2O4/c19-9-14-13(18-16(21)11-3-4-11)6-5-12(22-14)7-15(20)17-8-10-1-2-10/h5-6,10-14,19H,1-4,7-9H2,(H,17,20)(H,18,21)/t12-,13-,14-/m1/s1. The minimum Gasteiger partial charge on any atom is -0.394 e. The van der Waals surface area contributed by atoms with Gasteiger partial charge in [0.2, 0.25) is 11.8 Å². The van der Waals surface area contributed by atoms with E-state index in [1.165, 1.54) is 12.8 Å². The van der Waals surface area contributed by atoms with Gasteiger partial charge in [-0.2, -0.15) is 0 Å². The number of aliphatic hydroxyl groups is 1. The van der Waals surface area contributed by atoms with E-state index in [-0.39, 0.29) is 42.9 Å². The Hall–Kier alpha value is -1.40. The third-order valence-electron chi connectivity index (χ3n) is 4.39. The number of amides is 2. The molecule has 6 nitrogen and oxygen atoms in total. The molecule has 1 heterocycles. The molecule has 2 amide bonds. The molecule has 0 bridgehead atoms. The Bertz CT molecular complexity index is 457. The maximum absolute atomic E-state index is 11.8. The van der Waals surface area contributed by atoms with Gasteiger partial charge >= 0.3 is 0 Å². The molecule has 0 aromatic rings. The first-order valence-electron chi connectivity index (χ1n) is 8.17. The summed E-state index contributed by atoms with van der Waals surface area (Å²) in [5.41, 5.74) is 0. The van der Waals surface area contributed by atoms with Crippen molar-refractivity contribution in [1.82, 2.24) is 10.6 Å². The summed E-state index contributed by atoms with van der Waals surface area (Å²) in [5, 5.41) is 15.3. The van der Waals surface area contributed by atoms with Crippen molar-refractivity contribution < 1.29 is 19.4 Å². The van der Waals surface area contributed by atoms with E-state index in [4.69, 9.17) is 4.74 Å². The molecule has 0 aromatic heterocycles. The fourth-order valence-corrected chi connectivity index (χ4v) is 2.60. The first-order valence-corrected chi connectivity index (χ1v) is 8.17. The van der Waals surface area contributed by atoms with Crippen LogP contribution in [-0.2, 0) is 14.3 Å². The third-order valence-corrected chi connectivity index (χ3v) is 4.39. The second-order valence-electron chi connectivity index (χ2n) is 6.54. The van der Waals surface area contributed by atoms with Gasteiger partial charge in [0.15, 0.2) is 0 Å². The van der Waals surface area contributed by atoms with E-state index < -0.39 is 6.10 Å². The number of carbonyl (C=O) groups is 2. The molecule has 2 aliphatic carbocycles. The lowest BCUT2D eigenvalue weighted by Crippen LogP contribution is -2.49. The van der Waals surface area contributed by atoms with Gasteiger partial charge in [0.25, 0.3) is 0 Å². The minimum atomic E-state index is -0.492. The summed E-state index contributed by atoms with van der Waals surface area (Å²) in [6.07, 6.45) is 7.35. The summed E-state index contributed by atoms with van der Waals surface area (Å²) in [7, 11) is 0. The zero-order valence-corrected chi connectivity index (χ0v) is 12.7. The van der Waals surface area contributed by atoms with Crippen LogP contribution in [0.2, 0.25) is 0 Å². The lowest BCUT2D eigenvalue weighted by atomic mass is 10.0. The van der Waals surface area contributed by atoms with Gasteiger partial charge in [0.1, 0.15) is 6.10 Å². The molecule has 3 aliphatic rings. The van der Waals surface area contributed by atoms with Gasteiger partial charge in [0, 0.05) is 12.5 Å². The molecular formula is C16H24N2O4. The van der Waals surface area contributed by atoms with E-state index in [1.54, 1.807) is 6.08 Å². The van der Waals surface area contributed by atoms with Gasteiger partial charge < -0.3 is 20.5 Å². The molecular weight excluding hydrogens is 284 g/mol. The maximum atomic E-state index is 11.8. The van der Waals surface area contributed by atoms with E-state index in [0.717, 1.165) is 19.4 Å². The number of hydrogen-bond donors (Lipinski definition) is 3. The quantitative estimate of drug-likeness (QED) is 0.583.